The summed E-state index contributed by atoms with van der Waals surface area (Å²) in [7, 11) is 1.58. The van der Waals surface area contributed by atoms with Crippen LogP contribution >= 0.6 is 11.8 Å². The van der Waals surface area contributed by atoms with Gasteiger partial charge in [-0.1, -0.05) is 36.4 Å². The van der Waals surface area contributed by atoms with Gasteiger partial charge in [0.05, 0.1) is 7.11 Å². The fourth-order valence-corrected chi connectivity index (χ4v) is 4.19. The molecule has 3 aromatic carbocycles. The third kappa shape index (κ3) is 4.63. The Morgan fingerprint density at radius 2 is 1.85 bits per heavy atom. The van der Waals surface area contributed by atoms with Gasteiger partial charge in [-0.05, 0) is 47.7 Å². The molecule has 0 saturated heterocycles. The predicted molar refractivity (Wildman–Crippen MR) is 123 cm³/mol. The normalized spacial score (nSPS) is 12.9. The van der Waals surface area contributed by atoms with Crippen LogP contribution in [0.4, 0.5) is 5.69 Å². The van der Waals surface area contributed by atoms with Gasteiger partial charge >= 0.3 is 0 Å². The Hall–Kier alpha value is -3.98. The number of anilines is 1. The average Bonchev–Trinajstić information content (AvgIpc) is 3.52. The number of hydrogen-bond acceptors (Lipinski definition) is 8. The van der Waals surface area contributed by atoms with Crippen molar-refractivity contribution in [2.75, 3.05) is 19.2 Å². The quantitative estimate of drug-likeness (QED) is 0.387. The summed E-state index contributed by atoms with van der Waals surface area (Å²) in [5.41, 5.74) is 2.15. The Morgan fingerprint density at radius 1 is 1.00 bits per heavy atom. The molecule has 4 aromatic rings. The lowest BCUT2D eigenvalue weighted by Gasteiger charge is -2.15. The van der Waals surface area contributed by atoms with E-state index in [-0.39, 0.29) is 17.9 Å². The summed E-state index contributed by atoms with van der Waals surface area (Å²) in [6.45, 7) is 0.185. The minimum absolute atomic E-state index is 0.185. The maximum Gasteiger partial charge on any atom is 0.277 e. The van der Waals surface area contributed by atoms with Crippen molar-refractivity contribution in [2.24, 2.45) is 0 Å². The average molecular weight is 461 g/mol. The van der Waals surface area contributed by atoms with Gasteiger partial charge in [0.15, 0.2) is 11.5 Å². The Balaban J connectivity index is 1.38. The molecule has 8 nitrogen and oxygen atoms in total. The first-order valence-electron chi connectivity index (χ1n) is 10.1. The number of methoxy groups -OCH3 is 1. The highest BCUT2D eigenvalue weighted by molar-refractivity contribution is 8.00. The summed E-state index contributed by atoms with van der Waals surface area (Å²) >= 11 is 1.18. The number of nitrogens with zero attached hydrogens (tertiary/aromatic N) is 2. The van der Waals surface area contributed by atoms with Crippen LogP contribution < -0.4 is 19.5 Å². The molecule has 1 aliphatic rings. The van der Waals surface area contributed by atoms with Crippen molar-refractivity contribution in [3.63, 3.8) is 0 Å². The fourth-order valence-electron chi connectivity index (χ4n) is 3.31. The number of rotatable bonds is 7. The van der Waals surface area contributed by atoms with Crippen LogP contribution in [0.15, 0.2) is 82.4 Å². The van der Waals surface area contributed by atoms with Crippen LogP contribution in [0.5, 0.6) is 17.2 Å². The number of benzene rings is 3. The zero-order valence-electron chi connectivity index (χ0n) is 17.6. The molecular formula is C24H19N3O5S. The molecule has 2 heterocycles. The number of hydrogen-bond donors (Lipinski definition) is 1. The number of thioether (sulfide) groups is 1. The molecule has 0 bridgehead atoms. The van der Waals surface area contributed by atoms with E-state index in [9.17, 15) is 4.79 Å². The van der Waals surface area contributed by atoms with E-state index in [1.165, 1.54) is 11.8 Å². The van der Waals surface area contributed by atoms with E-state index >= 15 is 0 Å². The smallest absolute Gasteiger partial charge is 0.277 e. The number of ether oxygens (including phenoxy) is 3. The van der Waals surface area contributed by atoms with E-state index in [0.29, 0.717) is 34.4 Å². The first kappa shape index (κ1) is 20.9. The van der Waals surface area contributed by atoms with Crippen LogP contribution in [0, 0.1) is 0 Å². The molecule has 1 unspecified atom stereocenters. The van der Waals surface area contributed by atoms with Crippen molar-refractivity contribution in [1.29, 1.82) is 0 Å². The number of carbonyl (C=O) groups excluding carboxylic acids is 1. The molecule has 1 aromatic heterocycles. The van der Waals surface area contributed by atoms with Gasteiger partial charge in [0.1, 0.15) is 11.0 Å². The third-order valence-electron chi connectivity index (χ3n) is 4.92. The van der Waals surface area contributed by atoms with Crippen LogP contribution in [0.25, 0.3) is 11.5 Å². The van der Waals surface area contributed by atoms with Gasteiger partial charge in [0.2, 0.25) is 18.6 Å². The SMILES string of the molecule is COc1cccc(NC(=O)C(Sc2nnc(-c3ccc4c(c3)OCO4)o2)c2ccccc2)c1. The van der Waals surface area contributed by atoms with E-state index in [0.717, 1.165) is 5.56 Å². The highest BCUT2D eigenvalue weighted by Gasteiger charge is 2.26. The zero-order valence-corrected chi connectivity index (χ0v) is 18.4. The predicted octanol–water partition coefficient (Wildman–Crippen LogP) is 4.95. The topological polar surface area (TPSA) is 95.7 Å². The van der Waals surface area contributed by atoms with Gasteiger partial charge in [-0.2, -0.15) is 0 Å². The minimum atomic E-state index is -0.609. The van der Waals surface area contributed by atoms with Gasteiger partial charge in [-0.15, -0.1) is 10.2 Å². The van der Waals surface area contributed by atoms with Crippen LogP contribution in [-0.2, 0) is 4.79 Å². The molecule has 1 amide bonds. The lowest BCUT2D eigenvalue weighted by molar-refractivity contribution is -0.115. The number of aromatic nitrogens is 2. The molecule has 0 saturated carbocycles. The molecule has 0 radical (unpaired) electrons. The van der Waals surface area contributed by atoms with Gasteiger partial charge < -0.3 is 23.9 Å². The van der Waals surface area contributed by atoms with E-state index in [4.69, 9.17) is 18.6 Å². The van der Waals surface area contributed by atoms with E-state index in [1.807, 2.05) is 48.5 Å². The Labute approximate surface area is 193 Å². The van der Waals surface area contributed by atoms with Gasteiger partial charge in [0, 0.05) is 17.3 Å². The molecule has 166 valence electrons. The first-order valence-corrected chi connectivity index (χ1v) is 11.0. The van der Waals surface area contributed by atoms with Crippen LogP contribution in [0.2, 0.25) is 0 Å². The second-order valence-electron chi connectivity index (χ2n) is 7.07. The summed E-state index contributed by atoms with van der Waals surface area (Å²) in [5.74, 6) is 2.06. The maximum atomic E-state index is 13.2. The fraction of sp³-hybridized carbons (Fsp3) is 0.125. The molecule has 5 rings (SSSR count). The van der Waals surface area contributed by atoms with Crippen LogP contribution in [0.1, 0.15) is 10.8 Å². The number of carbonyl (C=O) groups is 1. The summed E-state index contributed by atoms with van der Waals surface area (Å²) in [6.07, 6.45) is 0. The largest absolute Gasteiger partial charge is 0.497 e. The van der Waals surface area contributed by atoms with E-state index < -0.39 is 5.25 Å². The number of fused-ring (bicyclic) bond motifs is 1. The third-order valence-corrected chi connectivity index (χ3v) is 6.01. The number of nitrogens with one attached hydrogen (secondary N) is 1. The highest BCUT2D eigenvalue weighted by atomic mass is 32.2. The van der Waals surface area contributed by atoms with Crippen molar-refractivity contribution in [3.8, 4) is 28.7 Å². The van der Waals surface area contributed by atoms with Crippen molar-refractivity contribution in [3.05, 3.63) is 78.4 Å². The lowest BCUT2D eigenvalue weighted by atomic mass is 10.1. The van der Waals surface area contributed by atoms with Crippen molar-refractivity contribution in [2.45, 2.75) is 10.5 Å². The molecule has 0 aliphatic carbocycles. The molecule has 0 spiro atoms. The van der Waals surface area contributed by atoms with E-state index in [1.54, 1.807) is 31.4 Å². The molecule has 1 aliphatic heterocycles. The Morgan fingerprint density at radius 3 is 2.70 bits per heavy atom. The number of amides is 1. The second-order valence-corrected chi connectivity index (χ2v) is 8.13. The highest BCUT2D eigenvalue weighted by Crippen LogP contribution is 2.39. The molecule has 9 heteroatoms. The summed E-state index contributed by atoms with van der Waals surface area (Å²) in [4.78, 5) is 13.2. The van der Waals surface area contributed by atoms with Gasteiger partial charge in [-0.25, -0.2) is 0 Å². The van der Waals surface area contributed by atoms with E-state index in [2.05, 4.69) is 15.5 Å². The van der Waals surface area contributed by atoms with Crippen molar-refractivity contribution < 1.29 is 23.4 Å². The minimum Gasteiger partial charge on any atom is -0.497 e. The lowest BCUT2D eigenvalue weighted by Crippen LogP contribution is -2.19. The molecule has 1 N–H and O–H groups in total. The van der Waals surface area contributed by atoms with Crippen molar-refractivity contribution in [1.82, 2.24) is 10.2 Å². The van der Waals surface area contributed by atoms with Crippen LogP contribution in [0.3, 0.4) is 0 Å². The first-order chi connectivity index (χ1) is 16.2. The monoisotopic (exact) mass is 461 g/mol. The summed E-state index contributed by atoms with van der Waals surface area (Å²) < 4.78 is 21.9. The van der Waals surface area contributed by atoms with Crippen LogP contribution in [-0.4, -0.2) is 30.0 Å². The summed E-state index contributed by atoms with van der Waals surface area (Å²) in [5, 5.41) is 10.9. The molecule has 33 heavy (non-hydrogen) atoms. The zero-order chi connectivity index (χ0) is 22.6. The molecular weight excluding hydrogens is 442 g/mol. The van der Waals surface area contributed by atoms with Gasteiger partial charge in [0.25, 0.3) is 5.22 Å². The Kier molecular flexibility index (Phi) is 5.86. The van der Waals surface area contributed by atoms with Crippen molar-refractivity contribution >= 4 is 23.4 Å². The molecule has 0 fully saturated rings. The van der Waals surface area contributed by atoms with Gasteiger partial charge in [-0.3, -0.25) is 4.79 Å². The Bertz CT molecular complexity index is 1280. The molecule has 1 atom stereocenters. The second kappa shape index (κ2) is 9.25. The standard InChI is InChI=1S/C24H19N3O5S/c1-29-18-9-5-8-17(13-18)25-22(28)21(15-6-3-2-4-7-15)33-24-27-26-23(32-24)16-10-11-19-20(12-16)31-14-30-19/h2-13,21H,14H2,1H3,(H,25,28). The summed E-state index contributed by atoms with van der Waals surface area (Å²) in [6, 6.07) is 22.0. The maximum absolute atomic E-state index is 13.2.